The number of rotatable bonds is 10. The summed E-state index contributed by atoms with van der Waals surface area (Å²) in [6.07, 6.45) is -9.20. The Kier molecular flexibility index (Phi) is 12.1. The zero-order chi connectivity index (χ0) is 34.8. The maximum absolute atomic E-state index is 11.7. The largest absolute Gasteiger partial charge is 0.481 e. The van der Waals surface area contributed by atoms with Gasteiger partial charge in [0.15, 0.2) is 12.5 Å². The second-order valence-corrected chi connectivity index (χ2v) is 13.4. The van der Waals surface area contributed by atoms with Crippen molar-refractivity contribution in [3.8, 4) is 0 Å². The Balaban J connectivity index is 0.000000254. The number of phosphoric ester groups is 2. The molecule has 1 unspecified atom stereocenters. The molecule has 25 nitrogen and oxygen atoms in total. The molecule has 2 saturated heterocycles. The molecular formula is C18H29N6O19P3. The zero-order valence-corrected chi connectivity index (χ0v) is 25.4. The fourth-order valence-corrected chi connectivity index (χ4v) is 5.87. The van der Waals surface area contributed by atoms with E-state index in [0.29, 0.717) is 0 Å². The number of aliphatic hydroxyl groups is 4. The lowest BCUT2D eigenvalue weighted by Gasteiger charge is -2.17. The van der Waals surface area contributed by atoms with E-state index >= 15 is 0 Å². The minimum atomic E-state index is -5.30. The van der Waals surface area contributed by atoms with Crippen molar-refractivity contribution in [2.45, 2.75) is 49.1 Å². The van der Waals surface area contributed by atoms with Gasteiger partial charge in [-0.1, -0.05) is 0 Å². The van der Waals surface area contributed by atoms with Gasteiger partial charge in [-0.3, -0.25) is 18.2 Å². The van der Waals surface area contributed by atoms with Crippen molar-refractivity contribution < 1.29 is 81.4 Å². The lowest BCUT2D eigenvalue weighted by molar-refractivity contribution is -0.0542. The van der Waals surface area contributed by atoms with E-state index in [2.05, 4.69) is 23.3 Å². The molecule has 13 N–H and O–H groups in total. The van der Waals surface area contributed by atoms with Crippen LogP contribution in [0.1, 0.15) is 12.5 Å². The average Bonchev–Trinajstić information content (AvgIpc) is 3.35. The summed E-state index contributed by atoms with van der Waals surface area (Å²) in [5.41, 5.74) is 8.97. The van der Waals surface area contributed by atoms with E-state index in [1.54, 1.807) is 0 Å². The molecule has 2 aromatic heterocycles. The van der Waals surface area contributed by atoms with Crippen molar-refractivity contribution in [1.29, 1.82) is 0 Å². The van der Waals surface area contributed by atoms with Gasteiger partial charge in [0, 0.05) is 12.4 Å². The first kappa shape index (κ1) is 37.9. The van der Waals surface area contributed by atoms with Gasteiger partial charge in [-0.25, -0.2) is 23.3 Å². The Morgan fingerprint density at radius 3 is 1.43 bits per heavy atom. The molecule has 0 saturated carbocycles. The molecule has 0 bridgehead atoms. The Hall–Kier alpha value is -2.51. The third-order valence-electron chi connectivity index (χ3n) is 5.94. The quantitative estimate of drug-likeness (QED) is 0.102. The lowest BCUT2D eigenvalue weighted by atomic mass is 10.1. The van der Waals surface area contributed by atoms with Gasteiger partial charge in [0.1, 0.15) is 48.3 Å². The van der Waals surface area contributed by atoms with Crippen LogP contribution in [0.25, 0.3) is 0 Å². The summed E-state index contributed by atoms with van der Waals surface area (Å²) in [4.78, 5) is 73.6. The highest BCUT2D eigenvalue weighted by atomic mass is 31.3. The van der Waals surface area contributed by atoms with Crippen molar-refractivity contribution in [2.75, 3.05) is 24.7 Å². The van der Waals surface area contributed by atoms with Gasteiger partial charge >= 0.3 is 34.8 Å². The lowest BCUT2D eigenvalue weighted by Crippen LogP contribution is -2.36. The summed E-state index contributed by atoms with van der Waals surface area (Å²) in [5, 5.41) is 39.5. The van der Waals surface area contributed by atoms with E-state index in [-0.39, 0.29) is 11.6 Å². The van der Waals surface area contributed by atoms with Gasteiger partial charge < -0.3 is 65.8 Å². The molecule has 4 heterocycles. The van der Waals surface area contributed by atoms with Crippen molar-refractivity contribution in [2.24, 2.45) is 0 Å². The van der Waals surface area contributed by atoms with Crippen LogP contribution in [0.15, 0.2) is 34.1 Å². The number of hydrogen-bond donors (Lipinski definition) is 11. The third kappa shape index (κ3) is 10.2. The number of nitrogen functional groups attached to an aromatic ring is 2. The molecule has 28 heteroatoms. The van der Waals surface area contributed by atoms with Gasteiger partial charge in [-0.15, -0.1) is 0 Å². The Morgan fingerprint density at radius 1 is 0.696 bits per heavy atom. The molecule has 4 rings (SSSR count). The molecule has 2 aromatic rings. The van der Waals surface area contributed by atoms with Gasteiger partial charge in [-0.2, -0.15) is 14.3 Å². The van der Waals surface area contributed by atoms with Crippen LogP contribution in [0.3, 0.4) is 0 Å². The highest BCUT2D eigenvalue weighted by Gasteiger charge is 2.46. The minimum absolute atomic E-state index is 0.0225. The first-order valence-corrected chi connectivity index (χ1v) is 16.8. The van der Waals surface area contributed by atoms with E-state index in [1.165, 1.54) is 18.3 Å². The maximum atomic E-state index is 11.7. The van der Waals surface area contributed by atoms with Crippen molar-refractivity contribution in [3.05, 3.63) is 45.5 Å². The number of hydrogen-bond acceptors (Lipinski definition) is 18. The molecule has 0 spiro atoms. The fraction of sp³-hybridized carbons (Fsp3) is 0.556. The fourth-order valence-electron chi connectivity index (χ4n) is 3.93. The number of nitrogens with two attached hydrogens (primary N) is 2. The monoisotopic (exact) mass is 726 g/mol. The summed E-state index contributed by atoms with van der Waals surface area (Å²) in [6.45, 7) is -1.53. The Bertz CT molecular complexity index is 1630. The van der Waals surface area contributed by atoms with Crippen LogP contribution in [0.4, 0.5) is 11.6 Å². The molecule has 2 fully saturated rings. The first-order chi connectivity index (χ1) is 21.1. The van der Waals surface area contributed by atoms with E-state index in [4.69, 9.17) is 45.4 Å². The molecule has 260 valence electrons. The van der Waals surface area contributed by atoms with Gasteiger partial charge in [0.05, 0.1) is 13.2 Å². The van der Waals surface area contributed by atoms with Gasteiger partial charge in [-0.05, 0) is 12.1 Å². The summed E-state index contributed by atoms with van der Waals surface area (Å²) in [5.74, 6) is -0.101. The van der Waals surface area contributed by atoms with Crippen LogP contribution in [-0.4, -0.2) is 114 Å². The third-order valence-corrected chi connectivity index (χ3v) is 8.58. The summed E-state index contributed by atoms with van der Waals surface area (Å²) < 4.78 is 56.7. The maximum Gasteiger partial charge on any atom is 0.481 e. The Morgan fingerprint density at radius 2 is 1.09 bits per heavy atom. The van der Waals surface area contributed by atoms with E-state index in [1.807, 2.05) is 0 Å². The molecule has 0 aliphatic carbocycles. The molecule has 0 amide bonds. The summed E-state index contributed by atoms with van der Waals surface area (Å²) >= 11 is 0. The topological polar surface area (TPSA) is 401 Å². The SMILES string of the molecule is Nc1ccn([C@@H]2O[C@H](COP(=O)(O)O)[C@@H](O)[C@H]2O)c(=O)n1.Nc1ccn([C@@H]2O[C@H](COP(=O)(O)OP(=O)(O)O)[C@@H](O)[C@H]2O)c(=O)n1. The molecule has 46 heavy (non-hydrogen) atoms. The minimum Gasteiger partial charge on any atom is -0.387 e. The number of ether oxygens (including phenoxy) is 2. The van der Waals surface area contributed by atoms with Crippen LogP contribution in [0, 0.1) is 0 Å². The molecule has 0 aromatic carbocycles. The summed E-state index contributed by atoms with van der Waals surface area (Å²) in [6, 6.07) is 2.53. The predicted octanol–water partition coefficient (Wildman–Crippen LogP) is -4.77. The van der Waals surface area contributed by atoms with Crippen LogP contribution in [0.5, 0.6) is 0 Å². The number of aromatic nitrogens is 4. The molecule has 0 radical (unpaired) electrons. The van der Waals surface area contributed by atoms with Crippen molar-refractivity contribution in [1.82, 2.24) is 19.1 Å². The normalized spacial score (nSPS) is 29.6. The Labute approximate surface area is 255 Å². The smallest absolute Gasteiger partial charge is 0.387 e. The van der Waals surface area contributed by atoms with Gasteiger partial charge in [0.2, 0.25) is 0 Å². The van der Waals surface area contributed by atoms with E-state index < -0.39 is 97.1 Å². The first-order valence-electron chi connectivity index (χ1n) is 12.3. The highest BCUT2D eigenvalue weighted by molar-refractivity contribution is 7.60. The highest BCUT2D eigenvalue weighted by Crippen LogP contribution is 2.57. The van der Waals surface area contributed by atoms with Crippen LogP contribution < -0.4 is 22.8 Å². The number of aliphatic hydroxyl groups excluding tert-OH is 4. The zero-order valence-electron chi connectivity index (χ0n) is 22.7. The second-order valence-electron chi connectivity index (χ2n) is 9.30. The van der Waals surface area contributed by atoms with Crippen LogP contribution in [-0.2, 0) is 36.5 Å². The number of anilines is 2. The number of phosphoric acid groups is 3. The molecule has 2 aliphatic heterocycles. The standard InChI is InChI=1S/C9H15N3O11P2.C9H14N3O8P/c10-5-1-2-12(9(15)11-5)8-7(14)6(13)4(22-8)3-21-25(19,20)23-24(16,17)18;10-5-1-2-12(9(15)11-5)8-7(14)6(13)4(20-8)3-19-21(16,17)18/h1-2,4,6-8,13-14H,3H2,(H,19,20)(H2,10,11,15)(H2,16,17,18);1-2,4,6-8,13-14H,3H2,(H2,10,11,15)(H2,16,17,18)/t2*4-,6-,7-,8-/m11/s1. The van der Waals surface area contributed by atoms with Gasteiger partial charge in [0.25, 0.3) is 0 Å². The summed E-state index contributed by atoms with van der Waals surface area (Å²) in [7, 11) is -15.2. The van der Waals surface area contributed by atoms with Crippen molar-refractivity contribution in [3.63, 3.8) is 0 Å². The predicted molar refractivity (Wildman–Crippen MR) is 145 cm³/mol. The average molecular weight is 726 g/mol. The molecule has 9 atom stereocenters. The molecule has 2 aliphatic rings. The second kappa shape index (κ2) is 14.7. The van der Waals surface area contributed by atoms with E-state index in [0.717, 1.165) is 15.3 Å². The van der Waals surface area contributed by atoms with Crippen LogP contribution in [0.2, 0.25) is 0 Å². The molecular weight excluding hydrogens is 697 g/mol. The number of nitrogens with zero attached hydrogens (tertiary/aromatic N) is 4. The van der Waals surface area contributed by atoms with Crippen molar-refractivity contribution >= 4 is 35.1 Å². The van der Waals surface area contributed by atoms with E-state index in [9.17, 15) is 43.7 Å². The van der Waals surface area contributed by atoms with Crippen LogP contribution >= 0.6 is 23.5 Å².